The molecule has 1 aromatic rings. The molecule has 114 valence electrons. The molecule has 0 atom stereocenters. The van der Waals surface area contributed by atoms with Gasteiger partial charge in [0.05, 0.1) is 13.0 Å². The number of rotatable bonds is 5. The molecule has 1 aromatic heterocycles. The van der Waals surface area contributed by atoms with Gasteiger partial charge < -0.3 is 15.0 Å². The number of aromatic nitrogens is 2. The maximum atomic E-state index is 12.1. The zero-order valence-corrected chi connectivity index (χ0v) is 12.1. The molecule has 0 aromatic carbocycles. The molecular formula is C14H20N4O3. The molecule has 0 aliphatic carbocycles. The van der Waals surface area contributed by atoms with Crippen molar-refractivity contribution in [3.8, 4) is 0 Å². The minimum absolute atomic E-state index is 0.0742. The van der Waals surface area contributed by atoms with Crippen molar-refractivity contribution in [1.82, 2.24) is 14.9 Å². The molecule has 1 saturated heterocycles. The Morgan fingerprint density at radius 3 is 2.62 bits per heavy atom. The average Bonchev–Trinajstić information content (AvgIpc) is 2.55. The minimum atomic E-state index is -0.176. The first-order chi connectivity index (χ1) is 10.2. The molecule has 1 fully saturated rings. The molecule has 7 heteroatoms. The van der Waals surface area contributed by atoms with E-state index >= 15 is 0 Å². The fraction of sp³-hybridized carbons (Fsp3) is 0.571. The van der Waals surface area contributed by atoms with Crippen molar-refractivity contribution in [2.24, 2.45) is 5.92 Å². The zero-order chi connectivity index (χ0) is 15.1. The second kappa shape index (κ2) is 7.56. The Kier molecular flexibility index (Phi) is 5.48. The van der Waals surface area contributed by atoms with E-state index in [-0.39, 0.29) is 17.8 Å². The van der Waals surface area contributed by atoms with Gasteiger partial charge in [-0.1, -0.05) is 0 Å². The second-order valence-corrected chi connectivity index (χ2v) is 4.93. The number of ether oxygens (including phenoxy) is 1. The van der Waals surface area contributed by atoms with Crippen LogP contribution in [0.25, 0.3) is 0 Å². The summed E-state index contributed by atoms with van der Waals surface area (Å²) >= 11 is 0. The van der Waals surface area contributed by atoms with Crippen LogP contribution in [-0.4, -0.2) is 53.5 Å². The molecule has 2 rings (SSSR count). The van der Waals surface area contributed by atoms with Gasteiger partial charge in [-0.25, -0.2) is 9.97 Å². The van der Waals surface area contributed by atoms with Gasteiger partial charge in [0.2, 0.25) is 11.9 Å². The van der Waals surface area contributed by atoms with Crippen molar-refractivity contribution >= 4 is 17.8 Å². The number of nitrogens with one attached hydrogen (secondary N) is 1. The van der Waals surface area contributed by atoms with E-state index < -0.39 is 0 Å². The molecule has 2 heterocycles. The summed E-state index contributed by atoms with van der Waals surface area (Å²) in [7, 11) is 1.40. The van der Waals surface area contributed by atoms with Gasteiger partial charge >= 0.3 is 5.97 Å². The van der Waals surface area contributed by atoms with Crippen LogP contribution in [0.1, 0.15) is 19.3 Å². The predicted molar refractivity (Wildman–Crippen MR) is 76.5 cm³/mol. The molecule has 0 radical (unpaired) electrons. The van der Waals surface area contributed by atoms with Crippen LogP contribution in [0.5, 0.6) is 0 Å². The number of piperidine rings is 1. The van der Waals surface area contributed by atoms with Crippen molar-refractivity contribution in [3.63, 3.8) is 0 Å². The predicted octanol–water partition coefficient (Wildman–Crippen LogP) is 0.690. The van der Waals surface area contributed by atoms with Crippen LogP contribution in [-0.2, 0) is 14.3 Å². The molecule has 21 heavy (non-hydrogen) atoms. The lowest BCUT2D eigenvalue weighted by atomic mass is 9.97. The van der Waals surface area contributed by atoms with E-state index in [1.807, 2.05) is 0 Å². The highest BCUT2D eigenvalue weighted by Crippen LogP contribution is 2.18. The normalized spacial score (nSPS) is 15.6. The number of amides is 1. The molecule has 7 nitrogen and oxygen atoms in total. The molecule has 1 aliphatic rings. The van der Waals surface area contributed by atoms with Crippen LogP contribution >= 0.6 is 0 Å². The quantitative estimate of drug-likeness (QED) is 0.804. The molecule has 0 unspecified atom stereocenters. The summed E-state index contributed by atoms with van der Waals surface area (Å²) in [6.07, 6.45) is 5.03. The number of carbonyl (C=O) groups excluding carboxylic acids is 2. The molecule has 1 amide bonds. The second-order valence-electron chi connectivity index (χ2n) is 4.93. The largest absolute Gasteiger partial charge is 0.469 e. The third-order valence-electron chi connectivity index (χ3n) is 3.57. The van der Waals surface area contributed by atoms with Gasteiger partial charge in [0.1, 0.15) is 0 Å². The van der Waals surface area contributed by atoms with Crippen LogP contribution in [0.2, 0.25) is 0 Å². The summed E-state index contributed by atoms with van der Waals surface area (Å²) in [5.41, 5.74) is 0. The van der Waals surface area contributed by atoms with E-state index in [9.17, 15) is 9.59 Å². The van der Waals surface area contributed by atoms with Gasteiger partial charge in [-0.3, -0.25) is 9.59 Å². The Labute approximate surface area is 123 Å². The van der Waals surface area contributed by atoms with E-state index in [4.69, 9.17) is 4.74 Å². The monoisotopic (exact) mass is 292 g/mol. The standard InChI is InChI=1S/C14H20N4O3/c1-21-13(20)11-4-9-18(10-5-11)12(19)3-8-17-14-15-6-2-7-16-14/h2,6-7,11H,3-5,8-10H2,1H3,(H,15,16,17). The SMILES string of the molecule is COC(=O)C1CCN(C(=O)CCNc2ncccn2)CC1. The highest BCUT2D eigenvalue weighted by Gasteiger charge is 2.27. The summed E-state index contributed by atoms with van der Waals surface area (Å²) in [6.45, 7) is 1.72. The van der Waals surface area contributed by atoms with Crippen molar-refractivity contribution in [1.29, 1.82) is 0 Å². The lowest BCUT2D eigenvalue weighted by Crippen LogP contribution is -2.41. The summed E-state index contributed by atoms with van der Waals surface area (Å²) in [4.78, 5) is 33.3. The van der Waals surface area contributed by atoms with Crippen molar-refractivity contribution < 1.29 is 14.3 Å². The Hall–Kier alpha value is -2.18. The van der Waals surface area contributed by atoms with E-state index in [1.165, 1.54) is 7.11 Å². The van der Waals surface area contributed by atoms with Gasteiger partial charge in [0, 0.05) is 38.4 Å². The van der Waals surface area contributed by atoms with Crippen LogP contribution in [0.15, 0.2) is 18.5 Å². The maximum Gasteiger partial charge on any atom is 0.308 e. The van der Waals surface area contributed by atoms with Crippen LogP contribution in [0.4, 0.5) is 5.95 Å². The van der Waals surface area contributed by atoms with Crippen molar-refractivity contribution in [3.05, 3.63) is 18.5 Å². The number of hydrogen-bond acceptors (Lipinski definition) is 6. The summed E-state index contributed by atoms with van der Waals surface area (Å²) in [5.74, 6) is 0.358. The average molecular weight is 292 g/mol. The molecular weight excluding hydrogens is 272 g/mol. The maximum absolute atomic E-state index is 12.1. The van der Waals surface area contributed by atoms with Gasteiger partial charge in [0.15, 0.2) is 0 Å². The fourth-order valence-electron chi connectivity index (χ4n) is 2.36. The number of nitrogens with zero attached hydrogens (tertiary/aromatic N) is 3. The van der Waals surface area contributed by atoms with Gasteiger partial charge in [-0.05, 0) is 18.9 Å². The van der Waals surface area contributed by atoms with Crippen LogP contribution in [0.3, 0.4) is 0 Å². The first-order valence-corrected chi connectivity index (χ1v) is 7.07. The number of carbonyl (C=O) groups is 2. The summed E-state index contributed by atoms with van der Waals surface area (Å²) in [6, 6.07) is 1.74. The van der Waals surface area contributed by atoms with Gasteiger partial charge in [-0.2, -0.15) is 0 Å². The number of anilines is 1. The molecule has 0 bridgehead atoms. The zero-order valence-electron chi connectivity index (χ0n) is 12.1. The Morgan fingerprint density at radius 1 is 1.33 bits per heavy atom. The van der Waals surface area contributed by atoms with Crippen LogP contribution in [0, 0.1) is 5.92 Å². The van der Waals surface area contributed by atoms with Gasteiger partial charge in [0.25, 0.3) is 0 Å². The Bertz CT molecular complexity index is 472. The van der Waals surface area contributed by atoms with Crippen molar-refractivity contribution in [2.45, 2.75) is 19.3 Å². The lowest BCUT2D eigenvalue weighted by Gasteiger charge is -2.30. The lowest BCUT2D eigenvalue weighted by molar-refractivity contribution is -0.148. The van der Waals surface area contributed by atoms with Crippen LogP contribution < -0.4 is 5.32 Å². The molecule has 1 aliphatic heterocycles. The number of esters is 1. The Balaban J connectivity index is 1.69. The first kappa shape index (κ1) is 15.2. The first-order valence-electron chi connectivity index (χ1n) is 7.07. The summed E-state index contributed by atoms with van der Waals surface area (Å²) < 4.78 is 4.73. The molecule has 0 saturated carbocycles. The van der Waals surface area contributed by atoms with E-state index in [0.29, 0.717) is 44.8 Å². The highest BCUT2D eigenvalue weighted by atomic mass is 16.5. The third-order valence-corrected chi connectivity index (χ3v) is 3.57. The topological polar surface area (TPSA) is 84.4 Å². The number of likely N-dealkylation sites (tertiary alicyclic amines) is 1. The highest BCUT2D eigenvalue weighted by molar-refractivity contribution is 5.77. The number of methoxy groups -OCH3 is 1. The molecule has 0 spiro atoms. The third kappa shape index (κ3) is 4.40. The van der Waals surface area contributed by atoms with E-state index in [1.54, 1.807) is 23.4 Å². The molecule has 1 N–H and O–H groups in total. The van der Waals surface area contributed by atoms with Crippen molar-refractivity contribution in [2.75, 3.05) is 32.1 Å². The van der Waals surface area contributed by atoms with Gasteiger partial charge in [-0.15, -0.1) is 0 Å². The minimum Gasteiger partial charge on any atom is -0.469 e. The Morgan fingerprint density at radius 2 is 2.00 bits per heavy atom. The summed E-state index contributed by atoms with van der Waals surface area (Å²) in [5, 5.41) is 3.01. The smallest absolute Gasteiger partial charge is 0.308 e. The fourth-order valence-corrected chi connectivity index (χ4v) is 2.36. The number of hydrogen-bond donors (Lipinski definition) is 1. The van der Waals surface area contributed by atoms with E-state index in [2.05, 4.69) is 15.3 Å². The van der Waals surface area contributed by atoms with E-state index in [0.717, 1.165) is 0 Å².